The molecular formula is C13H16N2O3. The molecule has 1 atom stereocenters. The predicted octanol–water partition coefficient (Wildman–Crippen LogP) is 0.689. The van der Waals surface area contributed by atoms with Crippen molar-refractivity contribution in [2.45, 2.75) is 12.8 Å². The molecule has 18 heavy (non-hydrogen) atoms. The zero-order valence-electron chi connectivity index (χ0n) is 10.0. The van der Waals surface area contributed by atoms with Gasteiger partial charge in [0.1, 0.15) is 0 Å². The molecule has 0 unspecified atom stereocenters. The summed E-state index contributed by atoms with van der Waals surface area (Å²) >= 11 is 0. The Balaban J connectivity index is 1.91. The molecule has 0 aliphatic carbocycles. The van der Waals surface area contributed by atoms with E-state index in [4.69, 9.17) is 10.5 Å². The predicted molar refractivity (Wildman–Crippen MR) is 66.9 cm³/mol. The van der Waals surface area contributed by atoms with Crippen LogP contribution in [-0.4, -0.2) is 25.0 Å². The average molecular weight is 248 g/mol. The van der Waals surface area contributed by atoms with E-state index in [0.29, 0.717) is 13.0 Å². The Hall–Kier alpha value is -2.04. The highest BCUT2D eigenvalue weighted by Gasteiger charge is 2.26. The third-order valence-electron chi connectivity index (χ3n) is 2.95. The molecule has 5 nitrogen and oxygen atoms in total. The van der Waals surface area contributed by atoms with Crippen LogP contribution >= 0.6 is 0 Å². The molecule has 5 heteroatoms. The molecule has 0 spiro atoms. The van der Waals surface area contributed by atoms with Crippen LogP contribution in [0.3, 0.4) is 0 Å². The second kappa shape index (κ2) is 5.53. The minimum atomic E-state index is -0.396. The van der Waals surface area contributed by atoms with Gasteiger partial charge in [0, 0.05) is 5.69 Å². The number of carbonyl (C=O) groups excluding carboxylic acids is 2. The normalized spacial score (nSPS) is 18.4. The van der Waals surface area contributed by atoms with Gasteiger partial charge in [0.25, 0.3) is 0 Å². The lowest BCUT2D eigenvalue weighted by atomic mass is 9.98. The summed E-state index contributed by atoms with van der Waals surface area (Å²) in [4.78, 5) is 22.0. The molecule has 1 aliphatic rings. The lowest BCUT2D eigenvalue weighted by molar-refractivity contribution is -0.141. The van der Waals surface area contributed by atoms with E-state index < -0.39 is 5.91 Å². The number of esters is 1. The summed E-state index contributed by atoms with van der Waals surface area (Å²) in [6.45, 7) is 0.649. The van der Waals surface area contributed by atoms with Gasteiger partial charge in [-0.15, -0.1) is 0 Å². The smallest absolute Gasteiger partial charge is 0.309 e. The zero-order chi connectivity index (χ0) is 13.0. The van der Waals surface area contributed by atoms with Crippen LogP contribution in [-0.2, 0) is 20.7 Å². The molecule has 2 rings (SSSR count). The van der Waals surface area contributed by atoms with Crippen LogP contribution in [0.25, 0.3) is 0 Å². The van der Waals surface area contributed by atoms with Crippen molar-refractivity contribution in [3.63, 3.8) is 0 Å². The highest BCUT2D eigenvalue weighted by Crippen LogP contribution is 2.20. The number of carbonyl (C=O) groups is 2. The van der Waals surface area contributed by atoms with Gasteiger partial charge in [0.2, 0.25) is 5.91 Å². The van der Waals surface area contributed by atoms with E-state index in [1.807, 2.05) is 24.3 Å². The van der Waals surface area contributed by atoms with Crippen LogP contribution in [0.4, 0.5) is 5.69 Å². The first-order chi connectivity index (χ1) is 8.65. The lowest BCUT2D eigenvalue weighted by Gasteiger charge is -2.07. The van der Waals surface area contributed by atoms with Gasteiger partial charge in [0.15, 0.2) is 0 Å². The highest BCUT2D eigenvalue weighted by molar-refractivity contribution is 5.78. The van der Waals surface area contributed by atoms with Gasteiger partial charge in [-0.05, 0) is 30.5 Å². The fourth-order valence-corrected chi connectivity index (χ4v) is 1.96. The summed E-state index contributed by atoms with van der Waals surface area (Å²) in [7, 11) is 0. The van der Waals surface area contributed by atoms with Crippen LogP contribution < -0.4 is 11.1 Å². The van der Waals surface area contributed by atoms with Crippen molar-refractivity contribution in [3.8, 4) is 0 Å². The van der Waals surface area contributed by atoms with E-state index in [1.54, 1.807) is 0 Å². The molecule has 1 amide bonds. The SMILES string of the molecule is NC(=O)CNc1ccc(C[C@@H]2CCOC2=O)cc1. The molecule has 1 aromatic carbocycles. The molecule has 3 N–H and O–H groups in total. The Morgan fingerprint density at radius 2 is 2.11 bits per heavy atom. The van der Waals surface area contributed by atoms with Gasteiger partial charge in [-0.3, -0.25) is 9.59 Å². The molecular weight excluding hydrogens is 232 g/mol. The number of cyclic esters (lactones) is 1. The Kier molecular flexibility index (Phi) is 3.82. The molecule has 1 fully saturated rings. The Morgan fingerprint density at radius 3 is 2.67 bits per heavy atom. The molecule has 0 aromatic heterocycles. The summed E-state index contributed by atoms with van der Waals surface area (Å²) < 4.78 is 4.92. The number of rotatable bonds is 5. The zero-order valence-corrected chi connectivity index (χ0v) is 10.0. The monoisotopic (exact) mass is 248 g/mol. The first kappa shape index (κ1) is 12.4. The van der Waals surface area contributed by atoms with Gasteiger partial charge < -0.3 is 15.8 Å². The van der Waals surface area contributed by atoms with Crippen molar-refractivity contribution in [3.05, 3.63) is 29.8 Å². The fraction of sp³-hybridized carbons (Fsp3) is 0.385. The number of nitrogens with two attached hydrogens (primary N) is 1. The van der Waals surface area contributed by atoms with E-state index in [1.165, 1.54) is 0 Å². The van der Waals surface area contributed by atoms with E-state index in [-0.39, 0.29) is 18.4 Å². The molecule has 1 aromatic rings. The first-order valence-electron chi connectivity index (χ1n) is 5.93. The van der Waals surface area contributed by atoms with E-state index in [9.17, 15) is 9.59 Å². The molecule has 96 valence electrons. The van der Waals surface area contributed by atoms with Crippen molar-refractivity contribution in [1.82, 2.24) is 0 Å². The Morgan fingerprint density at radius 1 is 1.39 bits per heavy atom. The number of amides is 1. The largest absolute Gasteiger partial charge is 0.465 e. The van der Waals surface area contributed by atoms with Gasteiger partial charge in [-0.2, -0.15) is 0 Å². The third-order valence-corrected chi connectivity index (χ3v) is 2.95. The molecule has 1 heterocycles. The summed E-state index contributed by atoms with van der Waals surface area (Å²) in [5.74, 6) is -0.520. The first-order valence-corrected chi connectivity index (χ1v) is 5.93. The molecule has 1 saturated heterocycles. The average Bonchev–Trinajstić information content (AvgIpc) is 2.74. The summed E-state index contributed by atoms with van der Waals surface area (Å²) in [5, 5.41) is 2.91. The van der Waals surface area contributed by atoms with Crippen LogP contribution in [0.15, 0.2) is 24.3 Å². The maximum absolute atomic E-state index is 11.3. The maximum atomic E-state index is 11.3. The number of benzene rings is 1. The number of ether oxygens (including phenoxy) is 1. The molecule has 0 radical (unpaired) electrons. The number of primary amides is 1. The minimum Gasteiger partial charge on any atom is -0.465 e. The van der Waals surface area contributed by atoms with Gasteiger partial charge in [0.05, 0.1) is 19.1 Å². The standard InChI is InChI=1S/C13H16N2O3/c14-12(16)8-15-11-3-1-9(2-4-11)7-10-5-6-18-13(10)17/h1-4,10,15H,5-8H2,(H2,14,16)/t10-/m0/s1. The Bertz CT molecular complexity index is 442. The molecule has 0 bridgehead atoms. The van der Waals surface area contributed by atoms with Crippen LogP contribution in [0.2, 0.25) is 0 Å². The lowest BCUT2D eigenvalue weighted by Crippen LogP contribution is -2.21. The highest BCUT2D eigenvalue weighted by atomic mass is 16.5. The molecule has 1 aliphatic heterocycles. The van der Waals surface area contributed by atoms with Crippen molar-refractivity contribution in [2.75, 3.05) is 18.5 Å². The quantitative estimate of drug-likeness (QED) is 0.751. The van der Waals surface area contributed by atoms with Crippen molar-refractivity contribution < 1.29 is 14.3 Å². The number of nitrogens with one attached hydrogen (secondary N) is 1. The van der Waals surface area contributed by atoms with Gasteiger partial charge in [-0.1, -0.05) is 12.1 Å². The topological polar surface area (TPSA) is 81.4 Å². The van der Waals surface area contributed by atoms with E-state index in [0.717, 1.165) is 17.7 Å². The number of hydrogen-bond donors (Lipinski definition) is 2. The van der Waals surface area contributed by atoms with Crippen LogP contribution in [0.1, 0.15) is 12.0 Å². The second-order valence-electron chi connectivity index (χ2n) is 4.37. The van der Waals surface area contributed by atoms with Gasteiger partial charge in [-0.25, -0.2) is 0 Å². The van der Waals surface area contributed by atoms with E-state index >= 15 is 0 Å². The minimum absolute atomic E-state index is 0.0190. The number of hydrogen-bond acceptors (Lipinski definition) is 4. The Labute approximate surface area is 105 Å². The fourth-order valence-electron chi connectivity index (χ4n) is 1.96. The molecule has 0 saturated carbocycles. The van der Waals surface area contributed by atoms with Gasteiger partial charge >= 0.3 is 5.97 Å². The van der Waals surface area contributed by atoms with Crippen molar-refractivity contribution >= 4 is 17.6 Å². The van der Waals surface area contributed by atoms with E-state index in [2.05, 4.69) is 5.32 Å². The maximum Gasteiger partial charge on any atom is 0.309 e. The number of anilines is 1. The third kappa shape index (κ3) is 3.23. The van der Waals surface area contributed by atoms with Crippen molar-refractivity contribution in [1.29, 1.82) is 0 Å². The van der Waals surface area contributed by atoms with Crippen LogP contribution in [0.5, 0.6) is 0 Å². The van der Waals surface area contributed by atoms with Crippen LogP contribution in [0, 0.1) is 5.92 Å². The van der Waals surface area contributed by atoms with Crippen molar-refractivity contribution in [2.24, 2.45) is 11.7 Å². The second-order valence-corrected chi connectivity index (χ2v) is 4.37. The summed E-state index contributed by atoms with van der Waals surface area (Å²) in [6.07, 6.45) is 1.50. The summed E-state index contributed by atoms with van der Waals surface area (Å²) in [6, 6.07) is 7.63. The summed E-state index contributed by atoms with van der Waals surface area (Å²) in [5.41, 5.74) is 6.97.